The lowest BCUT2D eigenvalue weighted by Crippen LogP contribution is -2.73. The molecule has 3 aliphatic rings. The van der Waals surface area contributed by atoms with Crippen LogP contribution in [0.5, 0.6) is 0 Å². The number of nitrogens with two attached hydrogens (primary N) is 2. The lowest BCUT2D eigenvalue weighted by molar-refractivity contribution is -0.482. The first-order valence-electron chi connectivity index (χ1n) is 15.3. The van der Waals surface area contributed by atoms with Crippen molar-refractivity contribution in [3.05, 3.63) is 0 Å². The summed E-state index contributed by atoms with van der Waals surface area (Å²) in [6, 6.07) is 0. The van der Waals surface area contributed by atoms with Crippen LogP contribution in [-0.2, 0) is 0 Å². The van der Waals surface area contributed by atoms with Gasteiger partial charge in [0.05, 0.1) is 22.2 Å². The van der Waals surface area contributed by atoms with E-state index < -0.39 is 0 Å². The summed E-state index contributed by atoms with van der Waals surface area (Å²) in [6.45, 7) is 27.1. The van der Waals surface area contributed by atoms with Gasteiger partial charge in [-0.25, -0.2) is 0 Å². The number of hydrogen-bond donors (Lipinski definition) is 4. The topological polar surface area (TPSA) is 132 Å². The molecule has 224 valence electrons. The van der Waals surface area contributed by atoms with E-state index in [9.17, 15) is 0 Å². The Morgan fingerprint density at radius 1 is 0.711 bits per heavy atom. The molecule has 0 spiro atoms. The van der Waals surface area contributed by atoms with E-state index in [0.717, 1.165) is 18.8 Å². The van der Waals surface area contributed by atoms with Crippen LogP contribution in [0, 0.1) is 17.8 Å². The van der Waals surface area contributed by atoms with Crippen molar-refractivity contribution in [2.45, 2.75) is 173 Å². The number of aliphatic imine (C=N–C) groups is 2. The summed E-state index contributed by atoms with van der Waals surface area (Å²) in [5.74, 6) is 2.14. The van der Waals surface area contributed by atoms with Crippen LogP contribution < -0.4 is 22.9 Å². The van der Waals surface area contributed by atoms with Gasteiger partial charge in [0.1, 0.15) is 0 Å². The van der Waals surface area contributed by atoms with Gasteiger partial charge in [0.25, 0.3) is 0 Å². The van der Waals surface area contributed by atoms with E-state index in [2.05, 4.69) is 97.2 Å². The van der Waals surface area contributed by atoms with E-state index in [1.165, 1.54) is 64.2 Å². The molecule has 0 heterocycles. The highest BCUT2D eigenvalue weighted by molar-refractivity contribution is 5.26. The fourth-order valence-electron chi connectivity index (χ4n) is 6.35. The Morgan fingerprint density at radius 3 is 1.45 bits per heavy atom. The standard InChI is InChI=1S/2C11H22N2.C10H22N2/c1-10(2,13-4)9-5-7-11(3,12)8-6-9;1-10(2,12)9-5-7-11(3,13-4)8-6-9;1-9(2,11)8-4-6-10(3,12)7-5-8/h2*9H,4-8,12H2,1-3H3;8H,4-7,11-12H2,1-3H3/p+2. The Labute approximate surface area is 236 Å². The summed E-state index contributed by atoms with van der Waals surface area (Å²) in [5, 5.41) is 0. The predicted octanol–water partition coefficient (Wildman–Crippen LogP) is 4.94. The quantitative estimate of drug-likeness (QED) is 0.370. The minimum Gasteiger partial charge on any atom is -0.353 e. The number of quaternary nitrogens is 2. The second kappa shape index (κ2) is 13.2. The van der Waals surface area contributed by atoms with E-state index in [4.69, 9.17) is 11.5 Å². The van der Waals surface area contributed by atoms with Gasteiger partial charge in [-0.3, -0.25) is 9.98 Å². The SMILES string of the molecule is C=NC(C)(C)C1CCC(C)([NH3+])CC1.C=NC1(C)CCC(C(C)(C)[NH3+])CC1.CC1(N)CCC(C(C)(C)N)CC1. The third-order valence-corrected chi connectivity index (χ3v) is 10.3. The van der Waals surface area contributed by atoms with Gasteiger partial charge >= 0.3 is 0 Å². The van der Waals surface area contributed by atoms with E-state index in [1.807, 2.05) is 0 Å². The van der Waals surface area contributed by atoms with Gasteiger partial charge in [0.2, 0.25) is 0 Å². The first-order valence-corrected chi connectivity index (χ1v) is 15.3. The maximum Gasteiger partial charge on any atom is 0.0917 e. The maximum absolute atomic E-state index is 6.06. The van der Waals surface area contributed by atoms with Crippen molar-refractivity contribution >= 4 is 13.4 Å². The van der Waals surface area contributed by atoms with Gasteiger partial charge in [-0.1, -0.05) is 0 Å². The summed E-state index contributed by atoms with van der Waals surface area (Å²) in [7, 11) is 0. The molecule has 38 heavy (non-hydrogen) atoms. The molecule has 3 rings (SSSR count). The van der Waals surface area contributed by atoms with Crippen molar-refractivity contribution in [3.8, 4) is 0 Å². The van der Waals surface area contributed by atoms with E-state index in [1.54, 1.807) is 0 Å². The molecule has 0 unspecified atom stereocenters. The van der Waals surface area contributed by atoms with Crippen LogP contribution in [0.4, 0.5) is 0 Å². The number of hydrogen-bond acceptors (Lipinski definition) is 4. The van der Waals surface area contributed by atoms with Crippen molar-refractivity contribution in [1.29, 1.82) is 0 Å². The number of nitrogens with zero attached hydrogens (tertiary/aromatic N) is 2. The van der Waals surface area contributed by atoms with Crippen molar-refractivity contribution in [2.24, 2.45) is 39.2 Å². The molecule has 3 aliphatic carbocycles. The highest BCUT2D eigenvalue weighted by atomic mass is 14.8. The molecule has 0 saturated heterocycles. The zero-order chi connectivity index (χ0) is 29.6. The zero-order valence-electron chi connectivity index (χ0n) is 27.1. The summed E-state index contributed by atoms with van der Waals surface area (Å²) < 4.78 is 0. The van der Waals surface area contributed by atoms with E-state index in [0.29, 0.717) is 17.4 Å². The Morgan fingerprint density at radius 2 is 1.11 bits per heavy atom. The van der Waals surface area contributed by atoms with Crippen molar-refractivity contribution in [3.63, 3.8) is 0 Å². The fraction of sp³-hybridized carbons (Fsp3) is 0.938. The second-order valence-electron chi connectivity index (χ2n) is 16.1. The molecule has 0 aromatic rings. The molecule has 3 fully saturated rings. The highest BCUT2D eigenvalue weighted by Crippen LogP contribution is 2.38. The molecule has 10 N–H and O–H groups in total. The van der Waals surface area contributed by atoms with Crippen LogP contribution >= 0.6 is 0 Å². The fourth-order valence-corrected chi connectivity index (χ4v) is 6.35. The summed E-state index contributed by atoms with van der Waals surface area (Å²) >= 11 is 0. The lowest BCUT2D eigenvalue weighted by Gasteiger charge is -2.40. The predicted molar refractivity (Wildman–Crippen MR) is 167 cm³/mol. The molecule has 0 radical (unpaired) electrons. The zero-order valence-corrected chi connectivity index (χ0v) is 27.1. The van der Waals surface area contributed by atoms with Crippen LogP contribution in [0.15, 0.2) is 9.98 Å². The second-order valence-corrected chi connectivity index (χ2v) is 16.1. The summed E-state index contributed by atoms with van der Waals surface area (Å²) in [6.07, 6.45) is 14.5. The molecule has 0 aliphatic heterocycles. The Bertz CT molecular complexity index is 712. The summed E-state index contributed by atoms with van der Waals surface area (Å²) in [5.41, 5.74) is 21.4. The van der Waals surface area contributed by atoms with Crippen LogP contribution in [0.1, 0.15) is 139 Å². The Kier molecular flexibility index (Phi) is 12.3. The van der Waals surface area contributed by atoms with Crippen LogP contribution in [0.3, 0.4) is 0 Å². The minimum atomic E-state index is -0.0174. The molecule has 0 aromatic carbocycles. The van der Waals surface area contributed by atoms with Crippen LogP contribution in [0.2, 0.25) is 0 Å². The summed E-state index contributed by atoms with van der Waals surface area (Å²) in [4.78, 5) is 8.45. The van der Waals surface area contributed by atoms with Crippen LogP contribution in [0.25, 0.3) is 0 Å². The molecule has 3 saturated carbocycles. The third-order valence-electron chi connectivity index (χ3n) is 10.3. The normalized spacial score (nSPS) is 36.6. The monoisotopic (exact) mass is 537 g/mol. The average Bonchev–Trinajstić information content (AvgIpc) is 2.78. The van der Waals surface area contributed by atoms with Gasteiger partial charge in [-0.2, -0.15) is 0 Å². The minimum absolute atomic E-state index is 0.0174. The van der Waals surface area contributed by atoms with Crippen molar-refractivity contribution in [1.82, 2.24) is 0 Å². The molecule has 6 heteroatoms. The van der Waals surface area contributed by atoms with Gasteiger partial charge in [0, 0.05) is 29.8 Å². The molecule has 0 aromatic heterocycles. The van der Waals surface area contributed by atoms with E-state index in [-0.39, 0.29) is 27.7 Å². The Balaban J connectivity index is 0.000000285. The third kappa shape index (κ3) is 11.7. The van der Waals surface area contributed by atoms with Crippen molar-refractivity contribution < 1.29 is 11.5 Å². The van der Waals surface area contributed by atoms with E-state index >= 15 is 0 Å². The highest BCUT2D eigenvalue weighted by Gasteiger charge is 2.38. The first-order chi connectivity index (χ1) is 17.1. The largest absolute Gasteiger partial charge is 0.353 e. The molecule has 0 amide bonds. The van der Waals surface area contributed by atoms with Crippen molar-refractivity contribution in [2.75, 3.05) is 0 Å². The molecule has 6 nitrogen and oxygen atoms in total. The molecular weight excluding hydrogens is 468 g/mol. The van der Waals surface area contributed by atoms with Gasteiger partial charge < -0.3 is 22.9 Å². The lowest BCUT2D eigenvalue weighted by atomic mass is 9.71. The van der Waals surface area contributed by atoms with Gasteiger partial charge in [-0.15, -0.1) is 0 Å². The van der Waals surface area contributed by atoms with Gasteiger partial charge in [-0.05, 0) is 152 Å². The molecule has 0 atom stereocenters. The smallest absolute Gasteiger partial charge is 0.0917 e. The average molecular weight is 537 g/mol. The molecular formula is C32H68N6+2. The number of rotatable bonds is 5. The first kappa shape index (κ1) is 35.2. The Hall–Kier alpha value is -0.820. The maximum atomic E-state index is 6.06. The van der Waals surface area contributed by atoms with Crippen LogP contribution in [-0.4, -0.2) is 46.7 Å². The molecule has 0 bridgehead atoms. The van der Waals surface area contributed by atoms with Gasteiger partial charge in [0.15, 0.2) is 0 Å².